The number of methoxy groups -OCH3 is 1. The lowest BCUT2D eigenvalue weighted by molar-refractivity contribution is -0.539. The Morgan fingerprint density at radius 1 is 1.17 bits per heavy atom. The van der Waals surface area contributed by atoms with E-state index in [0.29, 0.717) is 6.29 Å². The molecule has 0 aliphatic heterocycles. The number of quaternary nitrogens is 2. The molecule has 0 aliphatic rings. The molecule has 23 heavy (non-hydrogen) atoms. The van der Waals surface area contributed by atoms with Crippen LogP contribution in [0.5, 0.6) is 0 Å². The quantitative estimate of drug-likeness (QED) is 0.283. The Morgan fingerprint density at radius 3 is 2.00 bits per heavy atom. The highest BCUT2D eigenvalue weighted by Gasteiger charge is 2.09. The third-order valence-electron chi connectivity index (χ3n) is 2.58. The zero-order chi connectivity index (χ0) is 18.3. The maximum atomic E-state index is 10.9. The normalized spacial score (nSPS) is 9.78. The zero-order valence-corrected chi connectivity index (χ0v) is 14.5. The predicted octanol–water partition coefficient (Wildman–Crippen LogP) is 1.44. The average molecular weight is 320 g/mol. The standard InChI is InChI=1S/C9H10O3.C7H10N2.C2H6/c1-4-7(6-10)8(5-2)9(11)12-3;1-9-7-4-2-6(8)3-5-7;1-2/h4-6H,1-2H2,3H3;2-5,9H,8H2,1H3;1-2H3/p+2/b8-7-;;. The summed E-state index contributed by atoms with van der Waals surface area (Å²) in [5.74, 6) is -0.591. The molecule has 126 valence electrons. The van der Waals surface area contributed by atoms with E-state index >= 15 is 0 Å². The summed E-state index contributed by atoms with van der Waals surface area (Å²) >= 11 is 0. The van der Waals surface area contributed by atoms with Gasteiger partial charge in [0.25, 0.3) is 0 Å². The number of allylic oxidation sites excluding steroid dienone is 2. The number of hydrogen-bond donors (Lipinski definition) is 2. The molecule has 0 saturated heterocycles. The SMILES string of the molecule is C=C/C(C=O)=C(\C=C)C(=O)OC.CC.C[NH2+]c1ccc([NH3+])cc1. The van der Waals surface area contributed by atoms with E-state index in [1.165, 1.54) is 24.9 Å². The second-order valence-electron chi connectivity index (χ2n) is 3.92. The topological polar surface area (TPSA) is 87.6 Å². The molecule has 0 unspecified atom stereocenters. The van der Waals surface area contributed by atoms with Crippen molar-refractivity contribution in [1.29, 1.82) is 0 Å². The van der Waals surface area contributed by atoms with E-state index in [9.17, 15) is 9.59 Å². The van der Waals surface area contributed by atoms with Crippen molar-refractivity contribution in [3.05, 3.63) is 60.7 Å². The summed E-state index contributed by atoms with van der Waals surface area (Å²) in [6.45, 7) is 10.8. The van der Waals surface area contributed by atoms with Crippen LogP contribution >= 0.6 is 0 Å². The van der Waals surface area contributed by atoms with E-state index in [4.69, 9.17) is 0 Å². The molecule has 0 atom stereocenters. The molecule has 5 N–H and O–H groups in total. The van der Waals surface area contributed by atoms with Crippen molar-refractivity contribution in [3.8, 4) is 0 Å². The lowest BCUT2D eigenvalue weighted by Gasteiger charge is -2.00. The van der Waals surface area contributed by atoms with E-state index in [1.54, 1.807) is 0 Å². The molecule has 0 radical (unpaired) electrons. The minimum absolute atomic E-state index is 0.127. The molecule has 0 fully saturated rings. The van der Waals surface area contributed by atoms with Gasteiger partial charge in [-0.1, -0.05) is 39.2 Å². The summed E-state index contributed by atoms with van der Waals surface area (Å²) in [5.41, 5.74) is 6.41. The lowest BCUT2D eigenvalue weighted by atomic mass is 10.1. The second kappa shape index (κ2) is 14.4. The monoisotopic (exact) mass is 320 g/mol. The molecule has 0 amide bonds. The van der Waals surface area contributed by atoms with E-state index < -0.39 is 5.97 Å². The van der Waals surface area contributed by atoms with Crippen LogP contribution in [0, 0.1) is 0 Å². The van der Waals surface area contributed by atoms with Crippen molar-refractivity contribution >= 4 is 23.6 Å². The van der Waals surface area contributed by atoms with Gasteiger partial charge in [-0.2, -0.15) is 0 Å². The van der Waals surface area contributed by atoms with Crippen molar-refractivity contribution in [2.45, 2.75) is 13.8 Å². The summed E-state index contributed by atoms with van der Waals surface area (Å²) in [6, 6.07) is 8.13. The largest absolute Gasteiger partial charge is 0.465 e. The summed E-state index contributed by atoms with van der Waals surface area (Å²) in [7, 11) is 3.26. The highest BCUT2D eigenvalue weighted by molar-refractivity contribution is 5.99. The Bertz CT molecular complexity index is 522. The second-order valence-corrected chi connectivity index (χ2v) is 3.92. The number of rotatable bonds is 5. The molecule has 0 heterocycles. The van der Waals surface area contributed by atoms with Gasteiger partial charge in [0, 0.05) is 29.8 Å². The van der Waals surface area contributed by atoms with Crippen molar-refractivity contribution in [1.82, 2.24) is 0 Å². The van der Waals surface area contributed by atoms with Gasteiger partial charge in [0.1, 0.15) is 11.4 Å². The number of hydrogen-bond acceptors (Lipinski definition) is 3. The Balaban J connectivity index is 0. The fourth-order valence-corrected chi connectivity index (χ4v) is 1.36. The summed E-state index contributed by atoms with van der Waals surface area (Å²) in [6.07, 6.45) is 3.07. The van der Waals surface area contributed by atoms with Crippen LogP contribution in [0.25, 0.3) is 0 Å². The highest BCUT2D eigenvalue weighted by atomic mass is 16.5. The van der Waals surface area contributed by atoms with Gasteiger partial charge >= 0.3 is 5.97 Å². The van der Waals surface area contributed by atoms with Crippen LogP contribution in [-0.2, 0) is 14.3 Å². The fourth-order valence-electron chi connectivity index (χ4n) is 1.36. The van der Waals surface area contributed by atoms with Crippen LogP contribution in [0.1, 0.15) is 13.8 Å². The molecular weight excluding hydrogens is 292 g/mol. The number of carbonyl (C=O) groups excluding carboxylic acids is 2. The van der Waals surface area contributed by atoms with Crippen LogP contribution in [-0.4, -0.2) is 26.4 Å². The molecule has 0 saturated carbocycles. The summed E-state index contributed by atoms with van der Waals surface area (Å²) in [4.78, 5) is 21.3. The van der Waals surface area contributed by atoms with Crippen LogP contribution in [0.2, 0.25) is 0 Å². The van der Waals surface area contributed by atoms with Gasteiger partial charge in [0.2, 0.25) is 0 Å². The van der Waals surface area contributed by atoms with Gasteiger partial charge in [0.05, 0.1) is 19.7 Å². The fraction of sp³-hybridized carbons (Fsp3) is 0.222. The van der Waals surface area contributed by atoms with Crippen molar-refractivity contribution in [2.24, 2.45) is 0 Å². The van der Waals surface area contributed by atoms with Crippen molar-refractivity contribution < 1.29 is 25.4 Å². The van der Waals surface area contributed by atoms with Crippen LogP contribution in [0.15, 0.2) is 60.7 Å². The first-order valence-electron chi connectivity index (χ1n) is 7.28. The smallest absolute Gasteiger partial charge is 0.338 e. The molecule has 0 aromatic heterocycles. The summed E-state index contributed by atoms with van der Waals surface area (Å²) < 4.78 is 4.41. The molecule has 1 aromatic carbocycles. The first kappa shape index (κ1) is 22.8. The van der Waals surface area contributed by atoms with E-state index in [2.05, 4.69) is 41.1 Å². The van der Waals surface area contributed by atoms with Crippen molar-refractivity contribution in [2.75, 3.05) is 14.2 Å². The van der Waals surface area contributed by atoms with E-state index in [1.807, 2.05) is 33.0 Å². The molecule has 0 aliphatic carbocycles. The first-order valence-corrected chi connectivity index (χ1v) is 7.28. The zero-order valence-electron chi connectivity index (χ0n) is 14.5. The minimum Gasteiger partial charge on any atom is -0.465 e. The number of nitrogens with two attached hydrogens (primary N) is 1. The molecule has 1 aromatic rings. The Hall–Kier alpha value is -2.50. The highest BCUT2D eigenvalue weighted by Crippen LogP contribution is 2.06. The third kappa shape index (κ3) is 9.18. The van der Waals surface area contributed by atoms with Gasteiger partial charge in [-0.15, -0.1) is 0 Å². The number of carbonyl (C=O) groups is 2. The third-order valence-corrected chi connectivity index (χ3v) is 2.58. The van der Waals surface area contributed by atoms with Gasteiger partial charge < -0.3 is 15.8 Å². The average Bonchev–Trinajstić information content (AvgIpc) is 2.61. The molecule has 0 spiro atoms. The number of benzene rings is 1. The van der Waals surface area contributed by atoms with Crippen LogP contribution in [0.3, 0.4) is 0 Å². The van der Waals surface area contributed by atoms with Gasteiger partial charge in [-0.25, -0.2) is 4.79 Å². The molecule has 1 rings (SSSR count). The Kier molecular flexibility index (Phi) is 14.3. The van der Waals surface area contributed by atoms with E-state index in [0.717, 1.165) is 5.69 Å². The Morgan fingerprint density at radius 2 is 1.70 bits per heavy atom. The number of ether oxygens (including phenoxy) is 1. The Labute approximate surface area is 138 Å². The van der Waals surface area contributed by atoms with Gasteiger partial charge in [-0.3, -0.25) is 4.79 Å². The number of esters is 1. The molecule has 5 nitrogen and oxygen atoms in total. The lowest BCUT2D eigenvalue weighted by Crippen LogP contribution is -2.72. The molecule has 5 heteroatoms. The number of aldehydes is 1. The van der Waals surface area contributed by atoms with E-state index in [-0.39, 0.29) is 11.1 Å². The molecular formula is C18H28N2O3+2. The predicted molar refractivity (Wildman–Crippen MR) is 93.3 cm³/mol. The van der Waals surface area contributed by atoms with Crippen LogP contribution in [0.4, 0.5) is 11.4 Å². The van der Waals surface area contributed by atoms with Gasteiger partial charge in [-0.05, 0) is 0 Å². The first-order chi connectivity index (χ1) is 11.0. The maximum Gasteiger partial charge on any atom is 0.338 e. The van der Waals surface area contributed by atoms with Crippen LogP contribution < -0.4 is 11.1 Å². The minimum atomic E-state index is -0.591. The maximum absolute atomic E-state index is 10.9. The van der Waals surface area contributed by atoms with Crippen molar-refractivity contribution in [3.63, 3.8) is 0 Å². The molecule has 0 bridgehead atoms. The van der Waals surface area contributed by atoms with Gasteiger partial charge in [0.15, 0.2) is 6.29 Å². The summed E-state index contributed by atoms with van der Waals surface area (Å²) in [5, 5.41) is 2.07.